The normalized spacial score (nSPS) is 11.9. The van der Waals surface area contributed by atoms with Gasteiger partial charge in [0.1, 0.15) is 0 Å². The first-order valence-corrected chi connectivity index (χ1v) is 12.7. The van der Waals surface area contributed by atoms with Crippen LogP contribution in [-0.4, -0.2) is 16.8 Å². The van der Waals surface area contributed by atoms with Gasteiger partial charge in [0.05, 0.1) is 9.79 Å². The Morgan fingerprint density at radius 3 is 1.45 bits per heavy atom. The molecule has 0 fully saturated rings. The number of nitrogens with one attached hydrogen (secondary N) is 2. The van der Waals surface area contributed by atoms with Crippen molar-refractivity contribution in [3.05, 3.63) is 82.4 Å². The number of sulfonamides is 2. The lowest BCUT2D eigenvalue weighted by molar-refractivity contribution is 0.598. The first-order valence-electron chi connectivity index (χ1n) is 9.70. The van der Waals surface area contributed by atoms with E-state index in [1.807, 2.05) is 26.8 Å². The average Bonchev–Trinajstić information content (AvgIpc) is 2.68. The molecule has 0 bridgehead atoms. The van der Waals surface area contributed by atoms with Crippen LogP contribution in [0.5, 0.6) is 0 Å². The number of aryl methyl sites for hydroxylation is 3. The van der Waals surface area contributed by atoms with E-state index >= 15 is 0 Å². The molecule has 3 aromatic rings. The van der Waals surface area contributed by atoms with Crippen LogP contribution in [0.15, 0.2) is 64.4 Å². The molecular formula is C23H26N2O4S2. The molecule has 6 nitrogen and oxygen atoms in total. The van der Waals surface area contributed by atoms with Crippen LogP contribution in [0, 0.1) is 34.6 Å². The highest BCUT2D eigenvalue weighted by Crippen LogP contribution is 2.28. The summed E-state index contributed by atoms with van der Waals surface area (Å²) in [5, 5.41) is 0. The lowest BCUT2D eigenvalue weighted by atomic mass is 10.0. The highest BCUT2D eigenvalue weighted by atomic mass is 32.2. The number of hydrogen-bond acceptors (Lipinski definition) is 4. The summed E-state index contributed by atoms with van der Waals surface area (Å²) >= 11 is 0. The fraction of sp³-hybridized carbons (Fsp3) is 0.217. The summed E-state index contributed by atoms with van der Waals surface area (Å²) in [6.07, 6.45) is 0. The van der Waals surface area contributed by atoms with Crippen molar-refractivity contribution >= 4 is 31.4 Å². The van der Waals surface area contributed by atoms with Crippen LogP contribution in [0.3, 0.4) is 0 Å². The highest BCUT2D eigenvalue weighted by molar-refractivity contribution is 7.93. The molecule has 0 heterocycles. The van der Waals surface area contributed by atoms with Crippen molar-refractivity contribution in [1.29, 1.82) is 0 Å². The first kappa shape index (κ1) is 22.8. The van der Waals surface area contributed by atoms with Crippen molar-refractivity contribution < 1.29 is 16.8 Å². The maximum Gasteiger partial charge on any atom is 0.262 e. The third-order valence-corrected chi connectivity index (χ3v) is 8.34. The van der Waals surface area contributed by atoms with Gasteiger partial charge in [-0.15, -0.1) is 0 Å². The molecular weight excluding hydrogens is 432 g/mol. The zero-order valence-electron chi connectivity index (χ0n) is 18.1. The molecule has 31 heavy (non-hydrogen) atoms. The quantitative estimate of drug-likeness (QED) is 0.553. The lowest BCUT2D eigenvalue weighted by Crippen LogP contribution is -2.17. The van der Waals surface area contributed by atoms with E-state index in [1.165, 1.54) is 36.4 Å². The van der Waals surface area contributed by atoms with Crippen LogP contribution < -0.4 is 9.44 Å². The second-order valence-electron chi connectivity index (χ2n) is 7.69. The summed E-state index contributed by atoms with van der Waals surface area (Å²) in [5.41, 5.74) is 4.87. The highest BCUT2D eigenvalue weighted by Gasteiger charge is 2.22. The minimum Gasteiger partial charge on any atom is -0.280 e. The minimum absolute atomic E-state index is 0.156. The molecule has 0 radical (unpaired) electrons. The SMILES string of the molecule is Cc1ccc(S(=O)(=O)Nc2ccc(NS(=O)(=O)c3c(C)c(C)cc(C)c3C)cc2)cc1. The number of rotatable bonds is 6. The summed E-state index contributed by atoms with van der Waals surface area (Å²) in [4.78, 5) is 0.429. The van der Waals surface area contributed by atoms with E-state index in [-0.39, 0.29) is 9.79 Å². The van der Waals surface area contributed by atoms with Crippen LogP contribution in [0.25, 0.3) is 0 Å². The molecule has 0 spiro atoms. The van der Waals surface area contributed by atoms with Crippen LogP contribution in [-0.2, 0) is 20.0 Å². The number of hydrogen-bond donors (Lipinski definition) is 2. The fourth-order valence-corrected chi connectivity index (χ4v) is 6.06. The van der Waals surface area contributed by atoms with Gasteiger partial charge in [-0.25, -0.2) is 16.8 Å². The van der Waals surface area contributed by atoms with Crippen molar-refractivity contribution in [3.63, 3.8) is 0 Å². The summed E-state index contributed by atoms with van der Waals surface area (Å²) in [6, 6.07) is 14.6. The number of anilines is 2. The predicted octanol–water partition coefficient (Wildman–Crippen LogP) is 4.83. The van der Waals surface area contributed by atoms with Gasteiger partial charge < -0.3 is 0 Å². The molecule has 8 heteroatoms. The standard InChI is InChI=1S/C23H26N2O4S2/c1-15-6-12-22(13-7-15)30(26,27)24-20-8-10-21(11-9-20)25-31(28,29)23-18(4)16(2)14-17(3)19(23)5/h6-14,24-25H,1-5H3. The van der Waals surface area contributed by atoms with Crippen molar-refractivity contribution in [2.75, 3.05) is 9.44 Å². The van der Waals surface area contributed by atoms with Gasteiger partial charge in [-0.05, 0) is 93.3 Å². The molecule has 164 valence electrons. The van der Waals surface area contributed by atoms with Crippen LogP contribution in [0.2, 0.25) is 0 Å². The van der Waals surface area contributed by atoms with E-state index in [0.717, 1.165) is 16.7 Å². The molecule has 3 aromatic carbocycles. The Morgan fingerprint density at radius 2 is 1.00 bits per heavy atom. The maximum absolute atomic E-state index is 13.1. The van der Waals surface area contributed by atoms with Gasteiger partial charge in [-0.3, -0.25) is 9.44 Å². The predicted molar refractivity (Wildman–Crippen MR) is 125 cm³/mol. The van der Waals surface area contributed by atoms with Gasteiger partial charge in [0.25, 0.3) is 20.0 Å². The summed E-state index contributed by atoms with van der Waals surface area (Å²) in [6.45, 7) is 9.23. The maximum atomic E-state index is 13.1. The Bertz CT molecular complexity index is 1300. The molecule has 0 aliphatic rings. The van der Waals surface area contributed by atoms with E-state index in [4.69, 9.17) is 0 Å². The van der Waals surface area contributed by atoms with Crippen molar-refractivity contribution in [1.82, 2.24) is 0 Å². The van der Waals surface area contributed by atoms with Crippen LogP contribution >= 0.6 is 0 Å². The molecule has 0 amide bonds. The zero-order valence-corrected chi connectivity index (χ0v) is 19.8. The summed E-state index contributed by atoms with van der Waals surface area (Å²) < 4.78 is 56.3. The molecule has 0 saturated carbocycles. The minimum atomic E-state index is -3.80. The Kier molecular flexibility index (Phi) is 6.16. The average molecular weight is 459 g/mol. The van der Waals surface area contributed by atoms with Crippen molar-refractivity contribution in [2.24, 2.45) is 0 Å². The third-order valence-electron chi connectivity index (χ3n) is 5.29. The van der Waals surface area contributed by atoms with Gasteiger partial charge in [0.2, 0.25) is 0 Å². The van der Waals surface area contributed by atoms with E-state index in [1.54, 1.807) is 26.0 Å². The Labute approximate surface area is 184 Å². The summed E-state index contributed by atoms with van der Waals surface area (Å²) in [7, 11) is -7.53. The Balaban J connectivity index is 1.83. The molecule has 0 aliphatic heterocycles. The van der Waals surface area contributed by atoms with Crippen molar-refractivity contribution in [2.45, 2.75) is 44.4 Å². The van der Waals surface area contributed by atoms with Crippen molar-refractivity contribution in [3.8, 4) is 0 Å². The van der Waals surface area contributed by atoms with Gasteiger partial charge in [-0.2, -0.15) is 0 Å². The number of benzene rings is 3. The smallest absolute Gasteiger partial charge is 0.262 e. The van der Waals surface area contributed by atoms with E-state index in [2.05, 4.69) is 9.44 Å². The molecule has 0 atom stereocenters. The molecule has 0 unspecified atom stereocenters. The molecule has 0 aliphatic carbocycles. The molecule has 0 saturated heterocycles. The second kappa shape index (κ2) is 8.36. The van der Waals surface area contributed by atoms with E-state index in [0.29, 0.717) is 22.5 Å². The van der Waals surface area contributed by atoms with Gasteiger partial charge >= 0.3 is 0 Å². The lowest BCUT2D eigenvalue weighted by Gasteiger charge is -2.17. The van der Waals surface area contributed by atoms with E-state index in [9.17, 15) is 16.8 Å². The topological polar surface area (TPSA) is 92.3 Å². The summed E-state index contributed by atoms with van der Waals surface area (Å²) in [5.74, 6) is 0. The van der Waals surface area contributed by atoms with Gasteiger partial charge in [0, 0.05) is 11.4 Å². The fourth-order valence-electron chi connectivity index (χ4n) is 3.33. The Morgan fingerprint density at radius 1 is 0.581 bits per heavy atom. The van der Waals surface area contributed by atoms with Gasteiger partial charge in [0.15, 0.2) is 0 Å². The Hall–Kier alpha value is -2.84. The van der Waals surface area contributed by atoms with E-state index < -0.39 is 20.0 Å². The molecule has 2 N–H and O–H groups in total. The van der Waals surface area contributed by atoms with Gasteiger partial charge in [-0.1, -0.05) is 23.8 Å². The molecule has 3 rings (SSSR count). The first-order chi connectivity index (χ1) is 14.4. The monoisotopic (exact) mass is 458 g/mol. The third kappa shape index (κ3) is 4.91. The van der Waals surface area contributed by atoms with Crippen LogP contribution in [0.1, 0.15) is 27.8 Å². The van der Waals surface area contributed by atoms with Crippen LogP contribution in [0.4, 0.5) is 11.4 Å². The largest absolute Gasteiger partial charge is 0.280 e. The zero-order chi connectivity index (χ0) is 23.0. The molecule has 0 aromatic heterocycles. The second-order valence-corrected chi connectivity index (χ2v) is 11.0.